The standard InChI is InChI=1S/C30H30N2O6S/c1-5-36-29(34)25-18(3)31-23(16-38-19(4)33)27(30(35)37-6-2)26(25)21-14-10-11-15-22(21)28-32-24(17-39-28)20-12-8-7-9-13-20/h7-15,17,26,31H,5-6,16H2,1-4H3. The van der Waals surface area contributed by atoms with Gasteiger partial charge in [-0.2, -0.15) is 0 Å². The number of dihydropyridines is 1. The second-order valence-corrected chi connectivity index (χ2v) is 9.56. The maximum atomic E-state index is 13.5. The first-order chi connectivity index (χ1) is 18.8. The third-order valence-corrected chi connectivity index (χ3v) is 7.01. The van der Waals surface area contributed by atoms with E-state index in [1.165, 1.54) is 18.3 Å². The van der Waals surface area contributed by atoms with Crippen molar-refractivity contribution in [2.45, 2.75) is 33.6 Å². The van der Waals surface area contributed by atoms with E-state index in [0.717, 1.165) is 21.8 Å². The molecule has 0 saturated carbocycles. The lowest BCUT2D eigenvalue weighted by molar-refractivity contribution is -0.142. The van der Waals surface area contributed by atoms with Gasteiger partial charge in [0.1, 0.15) is 11.6 Å². The van der Waals surface area contributed by atoms with Crippen molar-refractivity contribution in [3.05, 3.63) is 88.1 Å². The van der Waals surface area contributed by atoms with Crippen LogP contribution in [0.1, 0.15) is 39.2 Å². The molecule has 1 aromatic heterocycles. The number of aromatic nitrogens is 1. The monoisotopic (exact) mass is 546 g/mol. The van der Waals surface area contributed by atoms with Crippen molar-refractivity contribution in [2.75, 3.05) is 19.8 Å². The summed E-state index contributed by atoms with van der Waals surface area (Å²) < 4.78 is 16.1. The Morgan fingerprint density at radius 1 is 0.897 bits per heavy atom. The van der Waals surface area contributed by atoms with Crippen molar-refractivity contribution in [3.8, 4) is 21.8 Å². The number of hydrogen-bond donors (Lipinski definition) is 1. The summed E-state index contributed by atoms with van der Waals surface area (Å²) in [6, 6.07) is 17.4. The number of hydrogen-bond acceptors (Lipinski definition) is 9. The van der Waals surface area contributed by atoms with Gasteiger partial charge in [0.25, 0.3) is 0 Å². The van der Waals surface area contributed by atoms with Crippen molar-refractivity contribution in [1.82, 2.24) is 10.3 Å². The van der Waals surface area contributed by atoms with Crippen molar-refractivity contribution >= 4 is 29.2 Å². The second kappa shape index (κ2) is 12.5. The number of nitrogens with zero attached hydrogens (tertiary/aromatic N) is 1. The van der Waals surface area contributed by atoms with Gasteiger partial charge in [0.15, 0.2) is 0 Å². The zero-order chi connectivity index (χ0) is 27.9. The lowest BCUT2D eigenvalue weighted by Gasteiger charge is -2.32. The Kier molecular flexibility index (Phi) is 8.93. The minimum atomic E-state index is -0.852. The van der Waals surface area contributed by atoms with Gasteiger partial charge in [-0.05, 0) is 26.3 Å². The molecule has 1 atom stereocenters. The highest BCUT2D eigenvalue weighted by Crippen LogP contribution is 2.44. The van der Waals surface area contributed by atoms with E-state index in [-0.39, 0.29) is 31.0 Å². The molecule has 1 unspecified atom stereocenters. The molecule has 1 N–H and O–H groups in total. The van der Waals surface area contributed by atoms with Gasteiger partial charge in [0, 0.05) is 29.1 Å². The van der Waals surface area contributed by atoms with Crippen LogP contribution in [0.3, 0.4) is 0 Å². The van der Waals surface area contributed by atoms with Gasteiger partial charge < -0.3 is 19.5 Å². The quantitative estimate of drug-likeness (QED) is 0.282. The molecule has 0 amide bonds. The maximum absolute atomic E-state index is 13.5. The Balaban J connectivity index is 1.92. The van der Waals surface area contributed by atoms with Crippen LogP contribution in [-0.4, -0.2) is 42.7 Å². The average Bonchev–Trinajstić information content (AvgIpc) is 3.42. The molecule has 1 aliphatic heterocycles. The molecule has 39 heavy (non-hydrogen) atoms. The zero-order valence-corrected chi connectivity index (χ0v) is 23.1. The molecule has 1 aliphatic rings. The molecule has 0 bridgehead atoms. The molecule has 3 aromatic rings. The fourth-order valence-electron chi connectivity index (χ4n) is 4.51. The van der Waals surface area contributed by atoms with Gasteiger partial charge in [0.2, 0.25) is 0 Å². The Hall–Kier alpha value is -4.24. The molecule has 202 valence electrons. The molecule has 2 aromatic carbocycles. The number of thiazole rings is 1. The lowest BCUT2D eigenvalue weighted by Crippen LogP contribution is -2.35. The van der Waals surface area contributed by atoms with Gasteiger partial charge in [-0.15, -0.1) is 11.3 Å². The Labute approximate surface area is 231 Å². The van der Waals surface area contributed by atoms with E-state index in [4.69, 9.17) is 19.2 Å². The molecule has 0 spiro atoms. The third kappa shape index (κ3) is 6.09. The van der Waals surface area contributed by atoms with Crippen LogP contribution in [0.2, 0.25) is 0 Å². The van der Waals surface area contributed by atoms with Gasteiger partial charge in [-0.25, -0.2) is 14.6 Å². The van der Waals surface area contributed by atoms with Gasteiger partial charge in [-0.3, -0.25) is 4.79 Å². The molecular weight excluding hydrogens is 516 g/mol. The number of benzene rings is 2. The van der Waals surface area contributed by atoms with E-state index in [1.54, 1.807) is 20.8 Å². The van der Waals surface area contributed by atoms with Crippen molar-refractivity contribution in [3.63, 3.8) is 0 Å². The van der Waals surface area contributed by atoms with Crippen LogP contribution < -0.4 is 5.32 Å². The van der Waals surface area contributed by atoms with Crippen LogP contribution in [0.5, 0.6) is 0 Å². The van der Waals surface area contributed by atoms with Gasteiger partial charge in [0.05, 0.1) is 41.7 Å². The summed E-state index contributed by atoms with van der Waals surface area (Å²) in [6.07, 6.45) is 0. The molecule has 0 aliphatic carbocycles. The first-order valence-electron chi connectivity index (χ1n) is 12.6. The topological polar surface area (TPSA) is 104 Å². The molecule has 4 rings (SSSR count). The van der Waals surface area contributed by atoms with Crippen LogP contribution in [0.25, 0.3) is 21.8 Å². The maximum Gasteiger partial charge on any atom is 0.336 e. The second-order valence-electron chi connectivity index (χ2n) is 8.70. The largest absolute Gasteiger partial charge is 0.463 e. The highest BCUT2D eigenvalue weighted by atomic mass is 32.1. The van der Waals surface area contributed by atoms with Crippen LogP contribution in [0, 0.1) is 0 Å². The summed E-state index contributed by atoms with van der Waals surface area (Å²) in [5, 5.41) is 5.81. The smallest absolute Gasteiger partial charge is 0.336 e. The van der Waals surface area contributed by atoms with E-state index in [1.807, 2.05) is 60.0 Å². The molecule has 2 heterocycles. The van der Waals surface area contributed by atoms with Gasteiger partial charge >= 0.3 is 17.9 Å². The summed E-state index contributed by atoms with van der Waals surface area (Å²) in [5.41, 5.74) is 4.55. The molecule has 0 saturated heterocycles. The summed E-state index contributed by atoms with van der Waals surface area (Å²) in [6.45, 7) is 6.55. The number of esters is 3. The number of rotatable bonds is 9. The summed E-state index contributed by atoms with van der Waals surface area (Å²) in [4.78, 5) is 43.3. The summed E-state index contributed by atoms with van der Waals surface area (Å²) in [5.74, 6) is -2.53. The molecule has 0 fully saturated rings. The predicted molar refractivity (Wildman–Crippen MR) is 148 cm³/mol. The fraction of sp³-hybridized carbons (Fsp3) is 0.267. The SMILES string of the molecule is CCOC(=O)C1=C(C)NC(COC(C)=O)=C(C(=O)OCC)C1c1ccccc1-c1nc(-c2ccccc2)cs1. The molecule has 9 heteroatoms. The van der Waals surface area contributed by atoms with Crippen molar-refractivity contribution < 1.29 is 28.6 Å². The highest BCUT2D eigenvalue weighted by molar-refractivity contribution is 7.13. The van der Waals surface area contributed by atoms with E-state index in [2.05, 4.69) is 5.32 Å². The van der Waals surface area contributed by atoms with Crippen molar-refractivity contribution in [1.29, 1.82) is 0 Å². The Morgan fingerprint density at radius 2 is 1.54 bits per heavy atom. The number of allylic oxidation sites excluding steroid dienone is 1. The number of ether oxygens (including phenoxy) is 3. The molecule has 0 radical (unpaired) electrons. The lowest BCUT2D eigenvalue weighted by atomic mass is 9.78. The first kappa shape index (κ1) is 27.8. The first-order valence-corrected chi connectivity index (χ1v) is 13.5. The minimum absolute atomic E-state index is 0.127. The van der Waals surface area contributed by atoms with Gasteiger partial charge in [-0.1, -0.05) is 54.6 Å². The predicted octanol–water partition coefficient (Wildman–Crippen LogP) is 5.38. The summed E-state index contributed by atoms with van der Waals surface area (Å²) >= 11 is 1.47. The van der Waals surface area contributed by atoms with E-state index < -0.39 is 23.8 Å². The third-order valence-electron chi connectivity index (χ3n) is 6.13. The number of nitrogens with one attached hydrogen (secondary N) is 1. The molecular formula is C30H30N2O6S. The van der Waals surface area contributed by atoms with Crippen LogP contribution in [-0.2, 0) is 28.6 Å². The van der Waals surface area contributed by atoms with E-state index in [9.17, 15) is 14.4 Å². The van der Waals surface area contributed by atoms with Crippen LogP contribution in [0.15, 0.2) is 82.5 Å². The number of carbonyl (C=O) groups excluding carboxylic acids is 3. The van der Waals surface area contributed by atoms with Crippen LogP contribution in [0.4, 0.5) is 0 Å². The van der Waals surface area contributed by atoms with E-state index in [0.29, 0.717) is 17.0 Å². The average molecular weight is 547 g/mol. The minimum Gasteiger partial charge on any atom is -0.463 e. The summed E-state index contributed by atoms with van der Waals surface area (Å²) in [7, 11) is 0. The van der Waals surface area contributed by atoms with Crippen molar-refractivity contribution in [2.24, 2.45) is 0 Å². The number of carbonyl (C=O) groups is 3. The van der Waals surface area contributed by atoms with E-state index >= 15 is 0 Å². The zero-order valence-electron chi connectivity index (χ0n) is 22.3. The van der Waals surface area contributed by atoms with Crippen LogP contribution >= 0.6 is 11.3 Å². The Morgan fingerprint density at radius 3 is 2.21 bits per heavy atom. The highest BCUT2D eigenvalue weighted by Gasteiger charge is 2.40. The molecule has 8 nitrogen and oxygen atoms in total. The fourth-order valence-corrected chi connectivity index (χ4v) is 5.38. The normalized spacial score (nSPS) is 15.0. The Bertz CT molecular complexity index is 1440.